The number of pyridine rings is 1. The summed E-state index contributed by atoms with van der Waals surface area (Å²) in [5, 5.41) is 3.52. The summed E-state index contributed by atoms with van der Waals surface area (Å²) in [6.07, 6.45) is 3.58. The van der Waals surface area contributed by atoms with Crippen LogP contribution < -0.4 is 10.2 Å². The number of nitrogens with zero attached hydrogens (tertiary/aromatic N) is 2. The maximum Gasteiger partial charge on any atom is 0.133 e. The molecule has 0 unspecified atom stereocenters. The highest BCUT2D eigenvalue weighted by molar-refractivity contribution is 5.46. The SMILES string of the molecule is Cc1occc1CN(C)c1ncccc1CNC(C)(C)C. The molecule has 0 radical (unpaired) electrons. The van der Waals surface area contributed by atoms with Crippen molar-refractivity contribution in [1.82, 2.24) is 10.3 Å². The molecule has 21 heavy (non-hydrogen) atoms. The first kappa shape index (κ1) is 15.6. The van der Waals surface area contributed by atoms with Gasteiger partial charge in [-0.3, -0.25) is 0 Å². The molecule has 2 rings (SSSR count). The molecule has 0 fully saturated rings. The van der Waals surface area contributed by atoms with Crippen molar-refractivity contribution in [3.63, 3.8) is 0 Å². The first-order chi connectivity index (χ1) is 9.87. The predicted molar refractivity (Wildman–Crippen MR) is 86.4 cm³/mol. The average molecular weight is 287 g/mol. The van der Waals surface area contributed by atoms with Gasteiger partial charge in [-0.25, -0.2) is 4.98 Å². The van der Waals surface area contributed by atoms with Crippen LogP contribution in [0.2, 0.25) is 0 Å². The molecule has 2 aromatic heterocycles. The highest BCUT2D eigenvalue weighted by Crippen LogP contribution is 2.20. The molecule has 0 spiro atoms. The van der Waals surface area contributed by atoms with E-state index >= 15 is 0 Å². The Morgan fingerprint density at radius 2 is 2.00 bits per heavy atom. The summed E-state index contributed by atoms with van der Waals surface area (Å²) in [4.78, 5) is 6.71. The normalized spacial score (nSPS) is 11.7. The van der Waals surface area contributed by atoms with Gasteiger partial charge in [0, 0.05) is 43.0 Å². The maximum absolute atomic E-state index is 5.36. The molecule has 114 valence electrons. The Kier molecular flexibility index (Phi) is 4.68. The summed E-state index contributed by atoms with van der Waals surface area (Å²) in [6.45, 7) is 10.1. The predicted octanol–water partition coefficient (Wildman–Crippen LogP) is 3.51. The van der Waals surface area contributed by atoms with E-state index in [0.29, 0.717) is 0 Å². The fraction of sp³-hybridized carbons (Fsp3) is 0.471. The largest absolute Gasteiger partial charge is 0.469 e. The van der Waals surface area contributed by atoms with E-state index in [0.717, 1.165) is 24.7 Å². The van der Waals surface area contributed by atoms with Gasteiger partial charge in [0.2, 0.25) is 0 Å². The van der Waals surface area contributed by atoms with Crippen LogP contribution in [0.15, 0.2) is 35.1 Å². The molecule has 0 atom stereocenters. The smallest absolute Gasteiger partial charge is 0.133 e. The second-order valence-corrected chi connectivity index (χ2v) is 6.45. The van der Waals surface area contributed by atoms with Crippen molar-refractivity contribution in [2.75, 3.05) is 11.9 Å². The van der Waals surface area contributed by atoms with E-state index in [9.17, 15) is 0 Å². The fourth-order valence-corrected chi connectivity index (χ4v) is 2.18. The summed E-state index contributed by atoms with van der Waals surface area (Å²) in [5.74, 6) is 1.97. The van der Waals surface area contributed by atoms with Crippen molar-refractivity contribution in [3.8, 4) is 0 Å². The van der Waals surface area contributed by atoms with Crippen LogP contribution in [0.4, 0.5) is 5.82 Å². The van der Waals surface area contributed by atoms with Crippen LogP contribution in [0, 0.1) is 6.92 Å². The van der Waals surface area contributed by atoms with Crippen molar-refractivity contribution < 1.29 is 4.42 Å². The van der Waals surface area contributed by atoms with Gasteiger partial charge in [0.05, 0.1) is 6.26 Å². The second kappa shape index (κ2) is 6.31. The molecule has 0 aliphatic rings. The molecule has 0 aliphatic carbocycles. The van der Waals surface area contributed by atoms with Gasteiger partial charge in [0.25, 0.3) is 0 Å². The number of anilines is 1. The Labute approximate surface area is 127 Å². The van der Waals surface area contributed by atoms with E-state index in [1.165, 1.54) is 11.1 Å². The lowest BCUT2D eigenvalue weighted by Crippen LogP contribution is -2.35. The summed E-state index contributed by atoms with van der Waals surface area (Å²) >= 11 is 0. The lowest BCUT2D eigenvalue weighted by molar-refractivity contribution is 0.424. The summed E-state index contributed by atoms with van der Waals surface area (Å²) in [5.41, 5.74) is 2.49. The van der Waals surface area contributed by atoms with E-state index in [1.54, 1.807) is 6.26 Å². The fourth-order valence-electron chi connectivity index (χ4n) is 2.18. The van der Waals surface area contributed by atoms with E-state index in [-0.39, 0.29) is 5.54 Å². The Balaban J connectivity index is 2.13. The first-order valence-electron chi connectivity index (χ1n) is 7.30. The average Bonchev–Trinajstić information content (AvgIpc) is 2.81. The van der Waals surface area contributed by atoms with Crippen LogP contribution >= 0.6 is 0 Å². The molecule has 4 heteroatoms. The minimum Gasteiger partial charge on any atom is -0.469 e. The molecule has 2 heterocycles. The molecule has 2 aromatic rings. The third-order valence-electron chi connectivity index (χ3n) is 3.41. The zero-order valence-corrected chi connectivity index (χ0v) is 13.6. The van der Waals surface area contributed by atoms with Crippen LogP contribution in [0.5, 0.6) is 0 Å². The molecular formula is C17H25N3O. The summed E-state index contributed by atoms with van der Waals surface area (Å²) < 4.78 is 5.36. The van der Waals surface area contributed by atoms with E-state index < -0.39 is 0 Å². The first-order valence-corrected chi connectivity index (χ1v) is 7.30. The van der Waals surface area contributed by atoms with Gasteiger partial charge in [0.15, 0.2) is 0 Å². The molecule has 4 nitrogen and oxygen atoms in total. The van der Waals surface area contributed by atoms with E-state index in [1.807, 2.05) is 25.3 Å². The van der Waals surface area contributed by atoms with Gasteiger partial charge >= 0.3 is 0 Å². The number of hydrogen-bond donors (Lipinski definition) is 1. The van der Waals surface area contributed by atoms with Crippen LogP contribution in [0.25, 0.3) is 0 Å². The van der Waals surface area contributed by atoms with Crippen molar-refractivity contribution in [2.45, 2.75) is 46.3 Å². The highest BCUT2D eigenvalue weighted by atomic mass is 16.3. The molecular weight excluding hydrogens is 262 g/mol. The van der Waals surface area contributed by atoms with Crippen LogP contribution in [0.1, 0.15) is 37.7 Å². The van der Waals surface area contributed by atoms with Gasteiger partial charge in [-0.1, -0.05) is 6.07 Å². The Bertz CT molecular complexity index is 584. The molecule has 0 saturated carbocycles. The Morgan fingerprint density at radius 1 is 1.24 bits per heavy atom. The van der Waals surface area contributed by atoms with Crippen molar-refractivity contribution in [2.24, 2.45) is 0 Å². The van der Waals surface area contributed by atoms with E-state index in [2.05, 4.69) is 49.1 Å². The molecule has 0 bridgehead atoms. The molecule has 0 amide bonds. The third-order valence-corrected chi connectivity index (χ3v) is 3.41. The zero-order valence-electron chi connectivity index (χ0n) is 13.6. The Hall–Kier alpha value is -1.81. The van der Waals surface area contributed by atoms with Crippen LogP contribution in [-0.4, -0.2) is 17.6 Å². The van der Waals surface area contributed by atoms with Crippen molar-refractivity contribution >= 4 is 5.82 Å². The molecule has 0 aliphatic heterocycles. The highest BCUT2D eigenvalue weighted by Gasteiger charge is 2.14. The topological polar surface area (TPSA) is 41.3 Å². The zero-order chi connectivity index (χ0) is 15.5. The maximum atomic E-state index is 5.36. The molecule has 0 aromatic carbocycles. The van der Waals surface area contributed by atoms with Crippen molar-refractivity contribution in [1.29, 1.82) is 0 Å². The number of aromatic nitrogens is 1. The van der Waals surface area contributed by atoms with Gasteiger partial charge in [-0.2, -0.15) is 0 Å². The standard InChI is InChI=1S/C17H25N3O/c1-13-15(8-10-21-13)12-20(5)16-14(7-6-9-18-16)11-19-17(2,3)4/h6-10,19H,11-12H2,1-5H3. The summed E-state index contributed by atoms with van der Waals surface area (Å²) in [6, 6.07) is 6.13. The number of furan rings is 1. The lowest BCUT2D eigenvalue weighted by Gasteiger charge is -2.24. The minimum absolute atomic E-state index is 0.0901. The quantitative estimate of drug-likeness (QED) is 0.913. The number of rotatable bonds is 5. The Morgan fingerprint density at radius 3 is 2.62 bits per heavy atom. The van der Waals surface area contributed by atoms with Gasteiger partial charge in [-0.15, -0.1) is 0 Å². The number of aryl methyl sites for hydroxylation is 1. The van der Waals surface area contributed by atoms with Gasteiger partial charge in [0.1, 0.15) is 11.6 Å². The number of hydrogen-bond acceptors (Lipinski definition) is 4. The number of nitrogens with one attached hydrogen (secondary N) is 1. The van der Waals surface area contributed by atoms with E-state index in [4.69, 9.17) is 4.42 Å². The monoisotopic (exact) mass is 287 g/mol. The molecule has 0 saturated heterocycles. The summed E-state index contributed by atoms with van der Waals surface area (Å²) in [7, 11) is 2.06. The lowest BCUT2D eigenvalue weighted by atomic mass is 10.1. The van der Waals surface area contributed by atoms with Crippen LogP contribution in [0.3, 0.4) is 0 Å². The third kappa shape index (κ3) is 4.33. The minimum atomic E-state index is 0.0901. The molecule has 1 N–H and O–H groups in total. The second-order valence-electron chi connectivity index (χ2n) is 6.45. The van der Waals surface area contributed by atoms with Crippen molar-refractivity contribution in [3.05, 3.63) is 47.5 Å². The van der Waals surface area contributed by atoms with Crippen LogP contribution in [-0.2, 0) is 13.1 Å². The van der Waals surface area contributed by atoms with Gasteiger partial charge < -0.3 is 14.6 Å². The van der Waals surface area contributed by atoms with Gasteiger partial charge in [-0.05, 0) is 39.8 Å².